The molecule has 1 atom stereocenters. The number of unbranched alkanes of at least 4 members (excludes halogenated alkanes) is 3. The first kappa shape index (κ1) is 23.1. The van der Waals surface area contributed by atoms with E-state index in [0.29, 0.717) is 10.6 Å². The van der Waals surface area contributed by atoms with E-state index in [1.54, 1.807) is 0 Å². The van der Waals surface area contributed by atoms with Gasteiger partial charge in [-0.25, -0.2) is 0 Å². The summed E-state index contributed by atoms with van der Waals surface area (Å²) in [6.45, 7) is 2.00. The van der Waals surface area contributed by atoms with Gasteiger partial charge in [0.25, 0.3) is 0 Å². The number of esters is 1. The SMILES string of the molecule is CCCCCCc1ccc(C(OC(=O)CN)(c2ccccc2)c2ccccc2Cl)cc1. The molecule has 162 valence electrons. The molecule has 0 aliphatic carbocycles. The summed E-state index contributed by atoms with van der Waals surface area (Å²) < 4.78 is 6.13. The van der Waals surface area contributed by atoms with E-state index in [-0.39, 0.29) is 6.54 Å². The fourth-order valence-corrected chi connectivity index (χ4v) is 4.21. The lowest BCUT2D eigenvalue weighted by Crippen LogP contribution is -2.37. The smallest absolute Gasteiger partial charge is 0.321 e. The lowest BCUT2D eigenvalue weighted by Gasteiger charge is -2.36. The summed E-state index contributed by atoms with van der Waals surface area (Å²) in [5.41, 5.74) is 8.10. The Bertz CT molecular complexity index is 972. The zero-order valence-electron chi connectivity index (χ0n) is 18.0. The van der Waals surface area contributed by atoms with E-state index in [0.717, 1.165) is 17.5 Å². The van der Waals surface area contributed by atoms with Crippen LogP contribution in [0.4, 0.5) is 0 Å². The van der Waals surface area contributed by atoms with E-state index in [4.69, 9.17) is 22.1 Å². The van der Waals surface area contributed by atoms with Crippen LogP contribution in [0.15, 0.2) is 78.9 Å². The Morgan fingerprint density at radius 1 is 0.871 bits per heavy atom. The Hall–Kier alpha value is -2.62. The second kappa shape index (κ2) is 11.1. The number of nitrogens with two attached hydrogens (primary N) is 1. The summed E-state index contributed by atoms with van der Waals surface area (Å²) in [5.74, 6) is -0.493. The van der Waals surface area contributed by atoms with Crippen LogP contribution < -0.4 is 5.73 Å². The monoisotopic (exact) mass is 435 g/mol. The van der Waals surface area contributed by atoms with Gasteiger partial charge < -0.3 is 10.5 Å². The summed E-state index contributed by atoms with van der Waals surface area (Å²) in [6, 6.07) is 25.5. The van der Waals surface area contributed by atoms with Crippen molar-refractivity contribution in [2.24, 2.45) is 5.73 Å². The van der Waals surface area contributed by atoms with E-state index in [1.807, 2.05) is 66.7 Å². The zero-order chi connectivity index (χ0) is 22.1. The first-order valence-corrected chi connectivity index (χ1v) is 11.3. The molecule has 3 aromatic rings. The van der Waals surface area contributed by atoms with Crippen LogP contribution in [0.5, 0.6) is 0 Å². The maximum absolute atomic E-state index is 12.5. The molecule has 3 nitrogen and oxygen atoms in total. The average molecular weight is 436 g/mol. The van der Waals surface area contributed by atoms with Crippen LogP contribution in [-0.2, 0) is 21.6 Å². The summed E-state index contributed by atoms with van der Waals surface area (Å²) in [4.78, 5) is 12.5. The Morgan fingerprint density at radius 3 is 2.16 bits per heavy atom. The third-order valence-electron chi connectivity index (χ3n) is 5.55. The summed E-state index contributed by atoms with van der Waals surface area (Å²) in [6.07, 6.45) is 5.93. The highest BCUT2D eigenvalue weighted by molar-refractivity contribution is 6.31. The molecule has 4 heteroatoms. The molecule has 0 bridgehead atoms. The second-order valence-corrected chi connectivity index (χ2v) is 8.12. The van der Waals surface area contributed by atoms with Gasteiger partial charge in [0.2, 0.25) is 0 Å². The van der Waals surface area contributed by atoms with Crippen LogP contribution in [0.2, 0.25) is 5.02 Å². The quantitative estimate of drug-likeness (QED) is 0.232. The van der Waals surface area contributed by atoms with Crippen molar-refractivity contribution in [2.45, 2.75) is 44.6 Å². The second-order valence-electron chi connectivity index (χ2n) is 7.71. The third kappa shape index (κ3) is 5.36. The summed E-state index contributed by atoms with van der Waals surface area (Å²) in [5, 5.41) is 0.528. The molecular formula is C27H30ClNO2. The number of carbonyl (C=O) groups is 1. The maximum Gasteiger partial charge on any atom is 0.321 e. The minimum absolute atomic E-state index is 0.214. The van der Waals surface area contributed by atoms with Crippen molar-refractivity contribution in [3.05, 3.63) is 106 Å². The molecule has 0 aliphatic rings. The number of hydrogen-bond acceptors (Lipinski definition) is 3. The number of carbonyl (C=O) groups excluding carboxylic acids is 1. The Balaban J connectivity index is 2.11. The number of aryl methyl sites for hydroxylation is 1. The first-order valence-electron chi connectivity index (χ1n) is 10.9. The van der Waals surface area contributed by atoms with Crippen molar-refractivity contribution in [1.29, 1.82) is 0 Å². The van der Waals surface area contributed by atoms with Crippen molar-refractivity contribution in [1.82, 2.24) is 0 Å². The van der Waals surface area contributed by atoms with Gasteiger partial charge in [0.15, 0.2) is 5.60 Å². The first-order chi connectivity index (χ1) is 15.1. The van der Waals surface area contributed by atoms with Crippen LogP contribution in [0.1, 0.15) is 54.9 Å². The molecule has 2 N–H and O–H groups in total. The van der Waals surface area contributed by atoms with Gasteiger partial charge in [-0.3, -0.25) is 4.79 Å². The van der Waals surface area contributed by atoms with E-state index in [9.17, 15) is 4.79 Å². The molecule has 0 aromatic heterocycles. The Kier molecular flexibility index (Phi) is 8.27. The molecular weight excluding hydrogens is 406 g/mol. The molecule has 0 radical (unpaired) electrons. The summed E-state index contributed by atoms with van der Waals surface area (Å²) in [7, 11) is 0. The summed E-state index contributed by atoms with van der Waals surface area (Å²) >= 11 is 6.64. The molecule has 0 spiro atoms. The molecule has 0 heterocycles. The predicted octanol–water partition coefficient (Wildman–Crippen LogP) is 6.26. The molecule has 3 aromatic carbocycles. The molecule has 31 heavy (non-hydrogen) atoms. The molecule has 3 rings (SSSR count). The van der Waals surface area contributed by atoms with Crippen LogP contribution in [0, 0.1) is 0 Å². The van der Waals surface area contributed by atoms with Crippen molar-refractivity contribution in [3.63, 3.8) is 0 Å². The Morgan fingerprint density at radius 2 is 1.52 bits per heavy atom. The molecule has 0 fully saturated rings. The van der Waals surface area contributed by atoms with Gasteiger partial charge in [-0.1, -0.05) is 111 Å². The number of ether oxygens (including phenoxy) is 1. The standard InChI is InChI=1S/C27H30ClNO2/c1-2-3-4-6-11-21-16-18-23(19-17-21)27(31-26(30)20-29,22-12-7-5-8-13-22)24-14-9-10-15-25(24)28/h5,7-10,12-19H,2-4,6,11,20,29H2,1H3. The normalized spacial score (nSPS) is 12.9. The van der Waals surface area contributed by atoms with Crippen LogP contribution in [0.25, 0.3) is 0 Å². The van der Waals surface area contributed by atoms with Gasteiger partial charge in [0, 0.05) is 21.7 Å². The maximum atomic E-state index is 12.5. The van der Waals surface area contributed by atoms with Gasteiger partial charge in [-0.15, -0.1) is 0 Å². The van der Waals surface area contributed by atoms with Crippen LogP contribution >= 0.6 is 11.6 Å². The molecule has 1 unspecified atom stereocenters. The molecule has 0 amide bonds. The highest BCUT2D eigenvalue weighted by atomic mass is 35.5. The van der Waals surface area contributed by atoms with E-state index in [2.05, 4.69) is 19.1 Å². The fraction of sp³-hybridized carbons (Fsp3) is 0.296. The fourth-order valence-electron chi connectivity index (χ4n) is 3.94. The average Bonchev–Trinajstić information content (AvgIpc) is 2.82. The van der Waals surface area contributed by atoms with Gasteiger partial charge in [-0.2, -0.15) is 0 Å². The van der Waals surface area contributed by atoms with Crippen LogP contribution in [-0.4, -0.2) is 12.5 Å². The van der Waals surface area contributed by atoms with E-state index < -0.39 is 11.6 Å². The number of rotatable bonds is 10. The van der Waals surface area contributed by atoms with Crippen molar-refractivity contribution in [2.75, 3.05) is 6.54 Å². The number of benzene rings is 3. The zero-order valence-corrected chi connectivity index (χ0v) is 18.8. The van der Waals surface area contributed by atoms with Gasteiger partial charge in [-0.05, 0) is 24.5 Å². The number of halogens is 1. The minimum atomic E-state index is -1.18. The highest BCUT2D eigenvalue weighted by Gasteiger charge is 2.41. The topological polar surface area (TPSA) is 52.3 Å². The third-order valence-corrected chi connectivity index (χ3v) is 5.88. The van der Waals surface area contributed by atoms with Crippen molar-refractivity contribution in [3.8, 4) is 0 Å². The van der Waals surface area contributed by atoms with Gasteiger partial charge in [0.1, 0.15) is 0 Å². The molecule has 0 saturated heterocycles. The number of hydrogen-bond donors (Lipinski definition) is 1. The predicted molar refractivity (Wildman–Crippen MR) is 127 cm³/mol. The minimum Gasteiger partial charge on any atom is -0.443 e. The highest BCUT2D eigenvalue weighted by Crippen LogP contribution is 2.43. The van der Waals surface area contributed by atoms with Crippen LogP contribution in [0.3, 0.4) is 0 Å². The largest absolute Gasteiger partial charge is 0.443 e. The lowest BCUT2D eigenvalue weighted by molar-refractivity contribution is -0.151. The van der Waals surface area contributed by atoms with Crippen molar-refractivity contribution < 1.29 is 9.53 Å². The van der Waals surface area contributed by atoms with E-state index in [1.165, 1.54) is 31.2 Å². The van der Waals surface area contributed by atoms with Gasteiger partial charge in [0.05, 0.1) is 6.54 Å². The van der Waals surface area contributed by atoms with Crippen molar-refractivity contribution >= 4 is 17.6 Å². The lowest BCUT2D eigenvalue weighted by atomic mass is 9.79. The Labute approximate surface area is 190 Å². The molecule has 0 saturated carbocycles. The van der Waals surface area contributed by atoms with E-state index >= 15 is 0 Å². The molecule has 0 aliphatic heterocycles. The van der Waals surface area contributed by atoms with Gasteiger partial charge >= 0.3 is 5.97 Å².